The number of ether oxygens (including phenoxy) is 1. The second-order valence-electron chi connectivity index (χ2n) is 6.77. The van der Waals surface area contributed by atoms with Gasteiger partial charge in [0.25, 0.3) is 5.91 Å². The lowest BCUT2D eigenvalue weighted by Crippen LogP contribution is -2.46. The monoisotopic (exact) mass is 328 g/mol. The van der Waals surface area contributed by atoms with Crippen molar-refractivity contribution in [3.63, 3.8) is 0 Å². The first-order valence-corrected chi connectivity index (χ1v) is 8.77. The van der Waals surface area contributed by atoms with Crippen LogP contribution in [-0.2, 0) is 4.74 Å². The van der Waals surface area contributed by atoms with E-state index in [1.54, 1.807) is 0 Å². The minimum Gasteiger partial charge on any atom is -0.379 e. The maximum absolute atomic E-state index is 13.0. The van der Waals surface area contributed by atoms with Crippen molar-refractivity contribution in [2.45, 2.75) is 25.8 Å². The van der Waals surface area contributed by atoms with Crippen LogP contribution >= 0.6 is 0 Å². The maximum Gasteiger partial charge on any atom is 0.254 e. The molecule has 24 heavy (non-hydrogen) atoms. The van der Waals surface area contributed by atoms with E-state index < -0.39 is 0 Å². The number of morpholine rings is 1. The largest absolute Gasteiger partial charge is 0.379 e. The Morgan fingerprint density at radius 3 is 3.00 bits per heavy atom. The molecule has 1 amide bonds. The molecule has 0 bridgehead atoms. The Bertz CT molecular complexity index is 736. The Hall–Kier alpha value is -1.92. The van der Waals surface area contributed by atoms with Crippen LogP contribution in [-0.4, -0.2) is 70.5 Å². The zero-order valence-corrected chi connectivity index (χ0v) is 14.1. The molecule has 2 aromatic rings. The van der Waals surface area contributed by atoms with Gasteiger partial charge in [0, 0.05) is 50.2 Å². The molecule has 0 aliphatic carbocycles. The number of imidazole rings is 1. The van der Waals surface area contributed by atoms with Gasteiger partial charge in [0.2, 0.25) is 0 Å². The first kappa shape index (κ1) is 15.6. The molecule has 6 heteroatoms. The lowest BCUT2D eigenvalue weighted by Gasteiger charge is -2.33. The third-order valence-electron chi connectivity index (χ3n) is 5.04. The summed E-state index contributed by atoms with van der Waals surface area (Å²) in [5.41, 5.74) is 2.54. The average molecular weight is 328 g/mol. The van der Waals surface area contributed by atoms with Gasteiger partial charge in [-0.3, -0.25) is 9.69 Å². The number of carbonyl (C=O) groups is 1. The molecule has 128 valence electrons. The lowest BCUT2D eigenvalue weighted by molar-refractivity contribution is 0.0261. The molecular formula is C18H24N4O2. The SMILES string of the molecule is Cc1cn2ccc(C(=O)N3CCC[C@H]3CN3CCOCC3)cc2n1. The predicted octanol–water partition coefficient (Wildman–Crippen LogP) is 1.58. The number of pyridine rings is 1. The molecule has 2 aliphatic heterocycles. The minimum absolute atomic E-state index is 0.133. The fourth-order valence-corrected chi connectivity index (χ4v) is 3.78. The fraction of sp³-hybridized carbons (Fsp3) is 0.556. The number of likely N-dealkylation sites (tertiary alicyclic amines) is 1. The number of aromatic nitrogens is 2. The maximum atomic E-state index is 13.0. The summed E-state index contributed by atoms with van der Waals surface area (Å²) >= 11 is 0. The van der Waals surface area contributed by atoms with Crippen molar-refractivity contribution >= 4 is 11.6 Å². The topological polar surface area (TPSA) is 50.1 Å². The van der Waals surface area contributed by atoms with Crippen molar-refractivity contribution in [1.29, 1.82) is 0 Å². The second-order valence-corrected chi connectivity index (χ2v) is 6.77. The van der Waals surface area contributed by atoms with E-state index in [1.165, 1.54) is 0 Å². The van der Waals surface area contributed by atoms with Crippen molar-refractivity contribution in [2.75, 3.05) is 39.4 Å². The van der Waals surface area contributed by atoms with E-state index in [4.69, 9.17) is 4.74 Å². The molecule has 0 saturated carbocycles. The number of aryl methyl sites for hydroxylation is 1. The van der Waals surface area contributed by atoms with E-state index >= 15 is 0 Å². The van der Waals surface area contributed by atoms with E-state index in [0.717, 1.165) is 69.1 Å². The number of amides is 1. The molecule has 0 radical (unpaired) electrons. The summed E-state index contributed by atoms with van der Waals surface area (Å²) in [6, 6.07) is 4.12. The summed E-state index contributed by atoms with van der Waals surface area (Å²) in [7, 11) is 0. The summed E-state index contributed by atoms with van der Waals surface area (Å²) in [5, 5.41) is 0. The Labute approximate surface area is 142 Å². The van der Waals surface area contributed by atoms with Crippen LogP contribution in [0.2, 0.25) is 0 Å². The molecular weight excluding hydrogens is 304 g/mol. The van der Waals surface area contributed by atoms with Gasteiger partial charge in [-0.1, -0.05) is 0 Å². The summed E-state index contributed by atoms with van der Waals surface area (Å²) in [4.78, 5) is 21.9. The highest BCUT2D eigenvalue weighted by Crippen LogP contribution is 2.22. The number of carbonyl (C=O) groups excluding carboxylic acids is 1. The first-order valence-electron chi connectivity index (χ1n) is 8.77. The highest BCUT2D eigenvalue weighted by atomic mass is 16.5. The molecule has 0 aromatic carbocycles. The van der Waals surface area contributed by atoms with Crippen molar-refractivity contribution in [1.82, 2.24) is 19.2 Å². The Morgan fingerprint density at radius 1 is 1.33 bits per heavy atom. The summed E-state index contributed by atoms with van der Waals surface area (Å²) in [6.45, 7) is 7.32. The van der Waals surface area contributed by atoms with Crippen LogP contribution in [0, 0.1) is 6.92 Å². The molecule has 6 nitrogen and oxygen atoms in total. The van der Waals surface area contributed by atoms with E-state index in [0.29, 0.717) is 6.04 Å². The van der Waals surface area contributed by atoms with Crippen LogP contribution in [0.25, 0.3) is 5.65 Å². The highest BCUT2D eigenvalue weighted by Gasteiger charge is 2.31. The standard InChI is InChI=1S/C18H24N4O2/c1-14-12-21-6-4-15(11-17(21)19-14)18(23)22-5-2-3-16(22)13-20-7-9-24-10-8-20/h4,6,11-12,16H,2-3,5,7-10,13H2,1H3/t16-/m0/s1. The van der Waals surface area contributed by atoms with Crippen LogP contribution in [0.15, 0.2) is 24.5 Å². The Balaban J connectivity index is 1.50. The quantitative estimate of drug-likeness (QED) is 0.858. The van der Waals surface area contributed by atoms with E-state index in [1.807, 2.05) is 35.9 Å². The van der Waals surface area contributed by atoms with Crippen molar-refractivity contribution in [3.8, 4) is 0 Å². The van der Waals surface area contributed by atoms with Gasteiger partial charge in [-0.2, -0.15) is 0 Å². The van der Waals surface area contributed by atoms with E-state index in [2.05, 4.69) is 14.8 Å². The third kappa shape index (κ3) is 3.03. The highest BCUT2D eigenvalue weighted by molar-refractivity contribution is 5.95. The lowest BCUT2D eigenvalue weighted by atomic mass is 10.1. The van der Waals surface area contributed by atoms with E-state index in [9.17, 15) is 4.79 Å². The van der Waals surface area contributed by atoms with Gasteiger partial charge in [-0.25, -0.2) is 4.98 Å². The van der Waals surface area contributed by atoms with E-state index in [-0.39, 0.29) is 5.91 Å². The number of hydrogen-bond donors (Lipinski definition) is 0. The molecule has 2 fully saturated rings. The van der Waals surface area contributed by atoms with Gasteiger partial charge in [0.1, 0.15) is 5.65 Å². The van der Waals surface area contributed by atoms with Crippen molar-refractivity contribution in [2.24, 2.45) is 0 Å². The zero-order valence-electron chi connectivity index (χ0n) is 14.1. The first-order chi connectivity index (χ1) is 11.7. The van der Waals surface area contributed by atoms with Crippen molar-refractivity contribution < 1.29 is 9.53 Å². The summed E-state index contributed by atoms with van der Waals surface area (Å²) in [6.07, 6.45) is 6.08. The Kier molecular flexibility index (Phi) is 4.24. The number of rotatable bonds is 3. The normalized spacial score (nSPS) is 22.4. The van der Waals surface area contributed by atoms with Gasteiger partial charge >= 0.3 is 0 Å². The molecule has 0 N–H and O–H groups in total. The molecule has 2 aromatic heterocycles. The summed E-state index contributed by atoms with van der Waals surface area (Å²) in [5.74, 6) is 0.133. The van der Waals surface area contributed by atoms with Gasteiger partial charge in [-0.05, 0) is 31.9 Å². The number of nitrogens with zero attached hydrogens (tertiary/aromatic N) is 4. The number of fused-ring (bicyclic) bond motifs is 1. The van der Waals surface area contributed by atoms with Crippen molar-refractivity contribution in [3.05, 3.63) is 35.8 Å². The smallest absolute Gasteiger partial charge is 0.254 e. The van der Waals surface area contributed by atoms with Crippen LogP contribution in [0.5, 0.6) is 0 Å². The van der Waals surface area contributed by atoms with Gasteiger partial charge < -0.3 is 14.0 Å². The van der Waals surface area contributed by atoms with Crippen LogP contribution in [0.1, 0.15) is 28.9 Å². The fourth-order valence-electron chi connectivity index (χ4n) is 3.78. The van der Waals surface area contributed by atoms with Crippen LogP contribution in [0.4, 0.5) is 0 Å². The molecule has 0 spiro atoms. The molecule has 0 unspecified atom stereocenters. The summed E-state index contributed by atoms with van der Waals surface area (Å²) < 4.78 is 7.38. The zero-order chi connectivity index (χ0) is 16.5. The molecule has 2 aliphatic rings. The second kappa shape index (κ2) is 6.53. The third-order valence-corrected chi connectivity index (χ3v) is 5.04. The molecule has 2 saturated heterocycles. The molecule has 1 atom stereocenters. The minimum atomic E-state index is 0.133. The Morgan fingerprint density at radius 2 is 2.17 bits per heavy atom. The van der Waals surface area contributed by atoms with Crippen LogP contribution < -0.4 is 0 Å². The average Bonchev–Trinajstić information content (AvgIpc) is 3.19. The molecule has 4 heterocycles. The van der Waals surface area contributed by atoms with Gasteiger partial charge in [-0.15, -0.1) is 0 Å². The predicted molar refractivity (Wildman–Crippen MR) is 91.2 cm³/mol. The molecule has 4 rings (SSSR count). The van der Waals surface area contributed by atoms with Crippen LogP contribution in [0.3, 0.4) is 0 Å². The number of hydrogen-bond acceptors (Lipinski definition) is 4. The van der Waals surface area contributed by atoms with Gasteiger partial charge in [0.05, 0.1) is 18.9 Å². The van der Waals surface area contributed by atoms with Gasteiger partial charge in [0.15, 0.2) is 0 Å².